The van der Waals surface area contributed by atoms with Crippen LogP contribution in [0.2, 0.25) is 0 Å². The van der Waals surface area contributed by atoms with Crippen LogP contribution in [0.4, 0.5) is 0 Å². The molecule has 3 heterocycles. The molecule has 0 N–H and O–H groups in total. The summed E-state index contributed by atoms with van der Waals surface area (Å²) in [6, 6.07) is 12.9. The average molecular weight is 451 g/mol. The summed E-state index contributed by atoms with van der Waals surface area (Å²) in [5.74, 6) is 0.714. The van der Waals surface area contributed by atoms with Crippen LogP contribution >= 0.6 is 0 Å². The monoisotopic (exact) mass is 450 g/mol. The molecule has 1 aromatic carbocycles. The predicted molar refractivity (Wildman–Crippen MR) is 128 cm³/mol. The van der Waals surface area contributed by atoms with Gasteiger partial charge >= 0.3 is 0 Å². The van der Waals surface area contributed by atoms with Crippen molar-refractivity contribution in [1.29, 1.82) is 0 Å². The van der Waals surface area contributed by atoms with Crippen LogP contribution in [0, 0.1) is 6.92 Å². The number of amides is 2. The van der Waals surface area contributed by atoms with Gasteiger partial charge in [0.25, 0.3) is 11.8 Å². The molecule has 2 saturated heterocycles. The first kappa shape index (κ1) is 23.2. The maximum absolute atomic E-state index is 12.9. The highest BCUT2D eigenvalue weighted by molar-refractivity contribution is 5.95. The molecule has 33 heavy (non-hydrogen) atoms. The van der Waals surface area contributed by atoms with Gasteiger partial charge in [0.15, 0.2) is 0 Å². The summed E-state index contributed by atoms with van der Waals surface area (Å²) < 4.78 is 5.87. The van der Waals surface area contributed by atoms with Crippen molar-refractivity contribution in [3.63, 3.8) is 0 Å². The van der Waals surface area contributed by atoms with Crippen LogP contribution in [0.25, 0.3) is 0 Å². The summed E-state index contributed by atoms with van der Waals surface area (Å²) in [5.41, 5.74) is 1.93. The number of carbonyl (C=O) groups is 2. The Morgan fingerprint density at radius 3 is 2.18 bits per heavy atom. The molecule has 1 aromatic heterocycles. The van der Waals surface area contributed by atoms with E-state index in [4.69, 9.17) is 4.74 Å². The minimum atomic E-state index is -0.0763. The summed E-state index contributed by atoms with van der Waals surface area (Å²) in [6.07, 6.45) is 5.00. The Morgan fingerprint density at radius 2 is 1.52 bits per heavy atom. The lowest BCUT2D eigenvalue weighted by Gasteiger charge is -2.34. The maximum atomic E-state index is 12.9. The highest BCUT2D eigenvalue weighted by Crippen LogP contribution is 2.16. The predicted octanol–water partition coefficient (Wildman–Crippen LogP) is 3.24. The third kappa shape index (κ3) is 6.32. The van der Waals surface area contributed by atoms with Gasteiger partial charge in [-0.2, -0.15) is 0 Å². The van der Waals surface area contributed by atoms with E-state index in [1.165, 1.54) is 32.4 Å². The Morgan fingerprint density at radius 1 is 0.848 bits per heavy atom. The van der Waals surface area contributed by atoms with Crippen molar-refractivity contribution in [2.24, 2.45) is 0 Å². The van der Waals surface area contributed by atoms with Crippen molar-refractivity contribution in [3.05, 3.63) is 59.4 Å². The lowest BCUT2D eigenvalue weighted by atomic mass is 10.1. The van der Waals surface area contributed by atoms with Crippen molar-refractivity contribution in [2.45, 2.75) is 32.6 Å². The van der Waals surface area contributed by atoms with Crippen LogP contribution in [-0.4, -0.2) is 83.9 Å². The summed E-state index contributed by atoms with van der Waals surface area (Å²) in [6.45, 7) is 8.14. The van der Waals surface area contributed by atoms with Gasteiger partial charge in [0.1, 0.15) is 11.4 Å². The molecule has 176 valence electrons. The van der Waals surface area contributed by atoms with Crippen molar-refractivity contribution in [3.8, 4) is 5.75 Å². The number of hydrogen-bond acceptors (Lipinski definition) is 5. The Kier molecular flexibility index (Phi) is 7.94. The van der Waals surface area contributed by atoms with E-state index in [0.29, 0.717) is 44.0 Å². The lowest BCUT2D eigenvalue weighted by Crippen LogP contribution is -2.50. The topological polar surface area (TPSA) is 66.0 Å². The minimum Gasteiger partial charge on any atom is -0.494 e. The number of piperazine rings is 1. The number of benzene rings is 1. The van der Waals surface area contributed by atoms with Gasteiger partial charge in [-0.3, -0.25) is 9.59 Å². The third-order valence-electron chi connectivity index (χ3n) is 6.40. The summed E-state index contributed by atoms with van der Waals surface area (Å²) >= 11 is 0. The highest BCUT2D eigenvalue weighted by Gasteiger charge is 2.26. The van der Waals surface area contributed by atoms with Crippen molar-refractivity contribution >= 4 is 11.8 Å². The maximum Gasteiger partial charge on any atom is 0.272 e. The van der Waals surface area contributed by atoms with E-state index >= 15 is 0 Å². The van der Waals surface area contributed by atoms with E-state index in [2.05, 4.69) is 9.88 Å². The number of hydrogen-bond donors (Lipinski definition) is 0. The second-order valence-corrected chi connectivity index (χ2v) is 8.88. The smallest absolute Gasteiger partial charge is 0.272 e. The van der Waals surface area contributed by atoms with Crippen LogP contribution < -0.4 is 4.74 Å². The number of pyridine rings is 1. The van der Waals surface area contributed by atoms with Crippen LogP contribution in [0.1, 0.15) is 52.2 Å². The average Bonchev–Trinajstić information content (AvgIpc) is 2.87. The van der Waals surface area contributed by atoms with E-state index in [1.807, 2.05) is 48.2 Å². The highest BCUT2D eigenvalue weighted by atomic mass is 16.5. The number of ether oxygens (including phenoxy) is 1. The zero-order valence-electron chi connectivity index (χ0n) is 19.5. The quantitative estimate of drug-likeness (QED) is 0.606. The Hall–Kier alpha value is -2.93. The molecule has 2 amide bonds. The molecule has 7 nitrogen and oxygen atoms in total. The first-order valence-corrected chi connectivity index (χ1v) is 12.1. The van der Waals surface area contributed by atoms with Crippen LogP contribution in [0.15, 0.2) is 42.5 Å². The van der Waals surface area contributed by atoms with Gasteiger partial charge in [-0.25, -0.2) is 4.98 Å². The molecule has 0 spiro atoms. The summed E-state index contributed by atoms with van der Waals surface area (Å²) in [5, 5.41) is 0. The van der Waals surface area contributed by atoms with Gasteiger partial charge in [-0.05, 0) is 75.7 Å². The summed E-state index contributed by atoms with van der Waals surface area (Å²) in [4.78, 5) is 36.0. The number of carbonyl (C=O) groups excluding carboxylic acids is 2. The van der Waals surface area contributed by atoms with E-state index in [1.54, 1.807) is 11.0 Å². The number of likely N-dealkylation sites (tertiary alicyclic amines) is 1. The molecule has 4 rings (SSSR count). The number of piperidine rings is 1. The van der Waals surface area contributed by atoms with E-state index in [0.717, 1.165) is 24.4 Å². The van der Waals surface area contributed by atoms with Gasteiger partial charge in [0, 0.05) is 44.0 Å². The molecule has 0 radical (unpaired) electrons. The minimum absolute atomic E-state index is 0.00701. The molecule has 0 aliphatic carbocycles. The molecular formula is C26H34N4O3. The van der Waals surface area contributed by atoms with Crippen LogP contribution in [-0.2, 0) is 0 Å². The van der Waals surface area contributed by atoms with Crippen LogP contribution in [0.3, 0.4) is 0 Å². The van der Waals surface area contributed by atoms with Gasteiger partial charge in [-0.1, -0.05) is 12.5 Å². The Labute approximate surface area is 196 Å². The second kappa shape index (κ2) is 11.3. The fourth-order valence-corrected chi connectivity index (χ4v) is 4.47. The molecule has 2 aliphatic rings. The van der Waals surface area contributed by atoms with Gasteiger partial charge in [0.05, 0.1) is 6.61 Å². The molecule has 0 atom stereocenters. The molecular weight excluding hydrogens is 416 g/mol. The van der Waals surface area contributed by atoms with E-state index < -0.39 is 0 Å². The standard InChI is InChI=1S/C26H34N4O3/c1-21-7-5-8-24(27-21)26(32)30-18-16-29(17-19-30)25(31)22-9-11-23(12-10-22)33-20-6-15-28-13-3-2-4-14-28/h5,7-12H,2-4,6,13-20H2,1H3. The van der Waals surface area contributed by atoms with Crippen LogP contribution in [0.5, 0.6) is 5.75 Å². The van der Waals surface area contributed by atoms with Gasteiger partial charge in [0.2, 0.25) is 0 Å². The molecule has 2 aromatic rings. The number of aryl methyl sites for hydroxylation is 1. The number of rotatable bonds is 7. The number of aromatic nitrogens is 1. The molecule has 0 saturated carbocycles. The second-order valence-electron chi connectivity index (χ2n) is 8.88. The first-order valence-electron chi connectivity index (χ1n) is 12.1. The SMILES string of the molecule is Cc1cccc(C(=O)N2CCN(C(=O)c3ccc(OCCCN4CCCCC4)cc3)CC2)n1. The molecule has 7 heteroatoms. The van der Waals surface area contributed by atoms with Gasteiger partial charge in [-0.15, -0.1) is 0 Å². The van der Waals surface area contributed by atoms with Crippen molar-refractivity contribution in [1.82, 2.24) is 19.7 Å². The third-order valence-corrected chi connectivity index (χ3v) is 6.40. The largest absolute Gasteiger partial charge is 0.494 e. The Bertz CT molecular complexity index is 933. The lowest BCUT2D eigenvalue weighted by molar-refractivity contribution is 0.0532. The van der Waals surface area contributed by atoms with E-state index in [-0.39, 0.29) is 11.8 Å². The van der Waals surface area contributed by atoms with E-state index in [9.17, 15) is 9.59 Å². The molecule has 2 aliphatic heterocycles. The zero-order valence-corrected chi connectivity index (χ0v) is 19.5. The molecule has 0 bridgehead atoms. The fraction of sp³-hybridized carbons (Fsp3) is 0.500. The van der Waals surface area contributed by atoms with Crippen molar-refractivity contribution in [2.75, 3.05) is 52.4 Å². The fourth-order valence-electron chi connectivity index (χ4n) is 4.47. The number of nitrogens with zero attached hydrogens (tertiary/aromatic N) is 4. The molecule has 0 unspecified atom stereocenters. The van der Waals surface area contributed by atoms with Gasteiger partial charge < -0.3 is 19.4 Å². The van der Waals surface area contributed by atoms with Crippen molar-refractivity contribution < 1.29 is 14.3 Å². The zero-order chi connectivity index (χ0) is 23.0. The normalized spacial score (nSPS) is 17.1. The summed E-state index contributed by atoms with van der Waals surface area (Å²) in [7, 11) is 0. The molecule has 2 fully saturated rings. The Balaban J connectivity index is 1.21. The first-order chi connectivity index (χ1) is 16.1.